The minimum Gasteiger partial charge on any atom is -0.251 e. The van der Waals surface area contributed by atoms with Crippen molar-refractivity contribution in [2.24, 2.45) is 5.84 Å². The molecule has 1 fully saturated rings. The lowest BCUT2D eigenvalue weighted by Gasteiger charge is -2.23. The Morgan fingerprint density at radius 3 is 1.27 bits per heavy atom. The third-order valence-corrected chi connectivity index (χ3v) is 2.44. The van der Waals surface area contributed by atoms with Gasteiger partial charge >= 0.3 is 0 Å². The van der Waals surface area contributed by atoms with Crippen LogP contribution < -0.4 is 5.84 Å². The number of nitrogens with two attached hydrogens (primary N) is 1. The average Bonchev–Trinajstić information content (AvgIpc) is 1.85. The zero-order valence-electron chi connectivity index (χ0n) is 8.27. The van der Waals surface area contributed by atoms with Gasteiger partial charge in [-0.3, -0.25) is 4.59 Å². The van der Waals surface area contributed by atoms with Crippen molar-refractivity contribution in [2.45, 2.75) is 39.5 Å². The molecule has 0 saturated heterocycles. The molecule has 68 valence electrons. The summed E-state index contributed by atoms with van der Waals surface area (Å²) in [6.07, 6.45) is 6.00. The number of hydrogen-bond donors (Lipinski definition) is 1. The SMILES string of the molecule is C1CCC1.CC[N+](C)(N)CC. The van der Waals surface area contributed by atoms with E-state index < -0.39 is 0 Å². The Hall–Kier alpha value is -0.0800. The van der Waals surface area contributed by atoms with Crippen molar-refractivity contribution in [2.75, 3.05) is 20.1 Å². The molecule has 1 aliphatic rings. The second-order valence-corrected chi connectivity index (χ2v) is 3.53. The lowest BCUT2D eigenvalue weighted by Crippen LogP contribution is -2.50. The molecule has 0 atom stereocenters. The largest absolute Gasteiger partial charge is 0.251 e. The number of nitrogens with zero attached hydrogens (tertiary/aromatic N) is 1. The van der Waals surface area contributed by atoms with E-state index in [1.807, 2.05) is 7.05 Å². The third-order valence-electron chi connectivity index (χ3n) is 2.44. The zero-order chi connectivity index (χ0) is 8.74. The maximum absolute atomic E-state index is 5.65. The van der Waals surface area contributed by atoms with E-state index in [0.29, 0.717) is 4.59 Å². The molecular formula is C9H23N2+. The summed E-state index contributed by atoms with van der Waals surface area (Å²) in [5.41, 5.74) is 0. The second kappa shape index (κ2) is 5.56. The Morgan fingerprint density at radius 2 is 1.27 bits per heavy atom. The molecule has 0 aromatic rings. The normalized spacial score (nSPS) is 16.4. The summed E-state index contributed by atoms with van der Waals surface area (Å²) in [4.78, 5) is 0. The topological polar surface area (TPSA) is 26.0 Å². The molecule has 0 heterocycles. The molecule has 2 nitrogen and oxygen atoms in total. The first-order valence-electron chi connectivity index (χ1n) is 4.75. The Labute approximate surface area is 70.9 Å². The van der Waals surface area contributed by atoms with Gasteiger partial charge in [0, 0.05) is 0 Å². The van der Waals surface area contributed by atoms with Crippen LogP contribution in [-0.4, -0.2) is 24.7 Å². The fourth-order valence-electron chi connectivity index (χ4n) is 0.474. The van der Waals surface area contributed by atoms with Gasteiger partial charge in [-0.25, -0.2) is 0 Å². The van der Waals surface area contributed by atoms with Crippen LogP contribution in [-0.2, 0) is 0 Å². The van der Waals surface area contributed by atoms with Crippen molar-refractivity contribution in [1.29, 1.82) is 0 Å². The number of quaternary nitrogens is 1. The predicted octanol–water partition coefficient (Wildman–Crippen LogP) is 1.91. The summed E-state index contributed by atoms with van der Waals surface area (Å²) >= 11 is 0. The van der Waals surface area contributed by atoms with Crippen molar-refractivity contribution in [1.82, 2.24) is 0 Å². The molecule has 1 saturated carbocycles. The smallest absolute Gasteiger partial charge is 0.0929 e. The van der Waals surface area contributed by atoms with E-state index in [9.17, 15) is 0 Å². The van der Waals surface area contributed by atoms with E-state index in [4.69, 9.17) is 5.84 Å². The molecule has 1 rings (SSSR count). The van der Waals surface area contributed by atoms with Crippen LogP contribution in [0.5, 0.6) is 0 Å². The van der Waals surface area contributed by atoms with E-state index in [0.717, 1.165) is 13.1 Å². The molecule has 2 heteroatoms. The van der Waals surface area contributed by atoms with Crippen LogP contribution in [0.3, 0.4) is 0 Å². The van der Waals surface area contributed by atoms with Crippen LogP contribution in [0.25, 0.3) is 0 Å². The number of rotatable bonds is 2. The Morgan fingerprint density at radius 1 is 1.00 bits per heavy atom. The van der Waals surface area contributed by atoms with Crippen molar-refractivity contribution in [3.8, 4) is 0 Å². The standard InChI is InChI=1S/C5H15N2.C4H8/c1-4-7(3,6)5-2;1-2-4-3-1/h4-6H2,1-3H3;1-4H2/q+1;. The van der Waals surface area contributed by atoms with Crippen molar-refractivity contribution in [3.05, 3.63) is 0 Å². The first kappa shape index (κ1) is 10.9. The van der Waals surface area contributed by atoms with Crippen LogP contribution in [0.2, 0.25) is 0 Å². The number of hydrogen-bond acceptors (Lipinski definition) is 1. The first-order chi connectivity index (χ1) is 5.12. The van der Waals surface area contributed by atoms with Crippen molar-refractivity contribution in [3.63, 3.8) is 0 Å². The van der Waals surface area contributed by atoms with E-state index >= 15 is 0 Å². The highest BCUT2D eigenvalue weighted by Crippen LogP contribution is 2.15. The Balaban J connectivity index is 0.000000207. The van der Waals surface area contributed by atoms with Crippen LogP contribution in [0.1, 0.15) is 39.5 Å². The third kappa shape index (κ3) is 6.32. The molecule has 1 aliphatic carbocycles. The van der Waals surface area contributed by atoms with E-state index in [1.54, 1.807) is 0 Å². The van der Waals surface area contributed by atoms with Gasteiger partial charge < -0.3 is 0 Å². The lowest BCUT2D eigenvalue weighted by molar-refractivity contribution is -0.918. The van der Waals surface area contributed by atoms with Gasteiger partial charge in [-0.1, -0.05) is 25.7 Å². The van der Waals surface area contributed by atoms with Crippen molar-refractivity contribution >= 4 is 0 Å². The monoisotopic (exact) mass is 159 g/mol. The quantitative estimate of drug-likeness (QED) is 0.372. The van der Waals surface area contributed by atoms with Crippen LogP contribution in [0.15, 0.2) is 0 Å². The minimum absolute atomic E-state index is 0.639. The van der Waals surface area contributed by atoms with Gasteiger partial charge in [0.05, 0.1) is 20.1 Å². The van der Waals surface area contributed by atoms with Gasteiger partial charge in [0.15, 0.2) is 0 Å². The van der Waals surface area contributed by atoms with E-state index in [2.05, 4.69) is 13.8 Å². The lowest BCUT2D eigenvalue weighted by atomic mass is 10.0. The van der Waals surface area contributed by atoms with Crippen molar-refractivity contribution < 1.29 is 4.59 Å². The average molecular weight is 159 g/mol. The molecule has 2 N–H and O–H groups in total. The fourth-order valence-corrected chi connectivity index (χ4v) is 0.474. The van der Waals surface area contributed by atoms with Gasteiger partial charge in [-0.15, -0.1) is 0 Å². The summed E-state index contributed by atoms with van der Waals surface area (Å²) < 4.78 is 0.639. The molecule has 0 aromatic carbocycles. The highest BCUT2D eigenvalue weighted by Gasteiger charge is 2.06. The predicted molar refractivity (Wildman–Crippen MR) is 49.9 cm³/mol. The van der Waals surface area contributed by atoms with Gasteiger partial charge in [0.2, 0.25) is 0 Å². The Bertz CT molecular complexity index is 75.6. The molecule has 0 spiro atoms. The molecule has 0 unspecified atom stereocenters. The van der Waals surface area contributed by atoms with Crippen LogP contribution in [0.4, 0.5) is 0 Å². The van der Waals surface area contributed by atoms with Crippen LogP contribution in [0, 0.1) is 0 Å². The molecule has 0 aromatic heterocycles. The first-order valence-corrected chi connectivity index (χ1v) is 4.75. The molecule has 0 radical (unpaired) electrons. The summed E-state index contributed by atoms with van der Waals surface area (Å²) in [6.45, 7) is 6.19. The summed E-state index contributed by atoms with van der Waals surface area (Å²) in [5.74, 6) is 5.65. The summed E-state index contributed by atoms with van der Waals surface area (Å²) in [7, 11) is 2.01. The molecular weight excluding hydrogens is 136 g/mol. The highest BCUT2D eigenvalue weighted by molar-refractivity contribution is 4.50. The molecule has 0 bridgehead atoms. The summed E-state index contributed by atoms with van der Waals surface area (Å²) in [5, 5.41) is 0. The maximum Gasteiger partial charge on any atom is 0.0929 e. The van der Waals surface area contributed by atoms with E-state index in [-0.39, 0.29) is 0 Å². The van der Waals surface area contributed by atoms with Gasteiger partial charge in [0.25, 0.3) is 0 Å². The second-order valence-electron chi connectivity index (χ2n) is 3.53. The molecule has 0 aliphatic heterocycles. The van der Waals surface area contributed by atoms with Gasteiger partial charge in [0.1, 0.15) is 0 Å². The maximum atomic E-state index is 5.65. The Kier molecular flexibility index (Phi) is 5.51. The van der Waals surface area contributed by atoms with Gasteiger partial charge in [-0.05, 0) is 13.8 Å². The minimum atomic E-state index is 0.639. The van der Waals surface area contributed by atoms with E-state index in [1.165, 1.54) is 25.7 Å². The molecule has 11 heavy (non-hydrogen) atoms. The molecule has 0 amide bonds. The van der Waals surface area contributed by atoms with Crippen LogP contribution >= 0.6 is 0 Å². The fraction of sp³-hybridized carbons (Fsp3) is 1.00. The van der Waals surface area contributed by atoms with Gasteiger partial charge in [-0.2, -0.15) is 5.84 Å². The zero-order valence-corrected chi connectivity index (χ0v) is 8.27. The summed E-state index contributed by atoms with van der Waals surface area (Å²) in [6, 6.07) is 0. The highest BCUT2D eigenvalue weighted by atomic mass is 15.6.